The van der Waals surface area contributed by atoms with Crippen LogP contribution in [0.2, 0.25) is 5.02 Å². The maximum absolute atomic E-state index is 12.8. The fourth-order valence-corrected chi connectivity index (χ4v) is 1.49. The van der Waals surface area contributed by atoms with Crippen molar-refractivity contribution in [3.63, 3.8) is 0 Å². The second kappa shape index (κ2) is 4.50. The van der Waals surface area contributed by atoms with Gasteiger partial charge in [0.2, 0.25) is 11.7 Å². The van der Waals surface area contributed by atoms with E-state index in [1.165, 1.54) is 12.1 Å². The molecule has 0 radical (unpaired) electrons. The predicted molar refractivity (Wildman–Crippen MR) is 56.0 cm³/mol. The van der Waals surface area contributed by atoms with Crippen molar-refractivity contribution in [2.24, 2.45) is 0 Å². The summed E-state index contributed by atoms with van der Waals surface area (Å²) in [4.78, 5) is 14.3. The number of halogens is 2. The number of hydrogen-bond acceptors (Lipinski definition) is 4. The molecule has 0 aliphatic carbocycles. The average Bonchev–Trinajstić information content (AvgIpc) is 2.65. The highest BCUT2D eigenvalue weighted by molar-refractivity contribution is 6.33. The van der Waals surface area contributed by atoms with Gasteiger partial charge in [0.25, 0.3) is 0 Å². The Morgan fingerprint density at radius 3 is 2.94 bits per heavy atom. The Labute approximate surface area is 99.8 Å². The van der Waals surface area contributed by atoms with E-state index >= 15 is 0 Å². The van der Waals surface area contributed by atoms with Crippen molar-refractivity contribution in [3.8, 4) is 11.4 Å². The Morgan fingerprint density at radius 2 is 2.29 bits per heavy atom. The van der Waals surface area contributed by atoms with E-state index in [1.54, 1.807) is 0 Å². The Morgan fingerprint density at radius 1 is 1.53 bits per heavy atom. The molecule has 0 unspecified atom stereocenters. The lowest BCUT2D eigenvalue weighted by Crippen LogP contribution is -1.99. The normalized spacial score (nSPS) is 10.5. The smallest absolute Gasteiger partial charge is 0.312 e. The number of nitrogens with zero attached hydrogens (tertiary/aromatic N) is 2. The lowest BCUT2D eigenvalue weighted by molar-refractivity contribution is -0.136. The van der Waals surface area contributed by atoms with E-state index < -0.39 is 11.8 Å². The molecule has 17 heavy (non-hydrogen) atoms. The Bertz CT molecular complexity index is 570. The van der Waals surface area contributed by atoms with Gasteiger partial charge in [0.1, 0.15) is 12.2 Å². The van der Waals surface area contributed by atoms with Crippen molar-refractivity contribution < 1.29 is 18.8 Å². The molecule has 0 bridgehead atoms. The minimum absolute atomic E-state index is 0.0344. The average molecular weight is 257 g/mol. The van der Waals surface area contributed by atoms with Crippen LogP contribution in [0.3, 0.4) is 0 Å². The molecule has 0 saturated heterocycles. The van der Waals surface area contributed by atoms with Crippen LogP contribution in [0.4, 0.5) is 4.39 Å². The molecule has 88 valence electrons. The van der Waals surface area contributed by atoms with E-state index in [4.69, 9.17) is 21.2 Å². The van der Waals surface area contributed by atoms with E-state index in [1.807, 2.05) is 0 Å². The van der Waals surface area contributed by atoms with Gasteiger partial charge in [0.05, 0.1) is 5.02 Å². The summed E-state index contributed by atoms with van der Waals surface area (Å²) in [7, 11) is 0. The van der Waals surface area contributed by atoms with Crippen molar-refractivity contribution in [2.75, 3.05) is 0 Å². The first-order valence-corrected chi connectivity index (χ1v) is 4.94. The van der Waals surface area contributed by atoms with Crippen LogP contribution in [0.15, 0.2) is 22.7 Å². The van der Waals surface area contributed by atoms with E-state index in [9.17, 15) is 9.18 Å². The van der Waals surface area contributed by atoms with Crippen LogP contribution in [-0.4, -0.2) is 21.2 Å². The van der Waals surface area contributed by atoms with Crippen molar-refractivity contribution >= 4 is 17.6 Å². The zero-order chi connectivity index (χ0) is 12.4. The number of carboxylic acids is 1. The molecule has 0 aliphatic heterocycles. The number of carboxylic acid groups (broad SMARTS) is 1. The Kier molecular flexibility index (Phi) is 3.06. The Balaban J connectivity index is 2.33. The molecule has 5 nitrogen and oxygen atoms in total. The zero-order valence-corrected chi connectivity index (χ0v) is 9.11. The van der Waals surface area contributed by atoms with Crippen LogP contribution in [0, 0.1) is 5.82 Å². The molecule has 1 aromatic heterocycles. The van der Waals surface area contributed by atoms with E-state index in [-0.39, 0.29) is 23.2 Å². The summed E-state index contributed by atoms with van der Waals surface area (Å²) in [6.07, 6.45) is -0.369. The third-order valence-electron chi connectivity index (χ3n) is 1.94. The molecule has 0 saturated carbocycles. The highest BCUT2D eigenvalue weighted by Gasteiger charge is 2.14. The molecule has 2 rings (SSSR count). The minimum atomic E-state index is -1.08. The molecular formula is C10H6ClFN2O3. The highest BCUT2D eigenvalue weighted by Crippen LogP contribution is 2.26. The fraction of sp³-hybridized carbons (Fsp3) is 0.100. The molecule has 0 spiro atoms. The highest BCUT2D eigenvalue weighted by atomic mass is 35.5. The van der Waals surface area contributed by atoms with Gasteiger partial charge >= 0.3 is 5.97 Å². The molecule has 1 heterocycles. The van der Waals surface area contributed by atoms with Crippen LogP contribution < -0.4 is 0 Å². The van der Waals surface area contributed by atoms with Crippen LogP contribution in [0.1, 0.15) is 5.89 Å². The number of aliphatic carboxylic acids is 1. The van der Waals surface area contributed by atoms with Gasteiger partial charge in [0, 0.05) is 5.56 Å². The van der Waals surface area contributed by atoms with Crippen molar-refractivity contribution in [1.29, 1.82) is 0 Å². The summed E-state index contributed by atoms with van der Waals surface area (Å²) in [6.45, 7) is 0. The van der Waals surface area contributed by atoms with Gasteiger partial charge in [-0.3, -0.25) is 4.79 Å². The van der Waals surface area contributed by atoms with Crippen molar-refractivity contribution in [1.82, 2.24) is 10.1 Å². The number of hydrogen-bond donors (Lipinski definition) is 1. The van der Waals surface area contributed by atoms with Gasteiger partial charge in [-0.1, -0.05) is 16.8 Å². The molecule has 7 heteroatoms. The molecule has 0 fully saturated rings. The van der Waals surface area contributed by atoms with E-state index in [2.05, 4.69) is 10.1 Å². The maximum Gasteiger partial charge on any atom is 0.312 e. The largest absolute Gasteiger partial charge is 0.481 e. The van der Waals surface area contributed by atoms with Gasteiger partial charge in [-0.05, 0) is 18.2 Å². The first-order chi connectivity index (χ1) is 8.06. The fourth-order valence-electron chi connectivity index (χ4n) is 1.24. The lowest BCUT2D eigenvalue weighted by Gasteiger charge is -1.97. The van der Waals surface area contributed by atoms with E-state index in [0.717, 1.165) is 6.07 Å². The van der Waals surface area contributed by atoms with Gasteiger partial charge in [0.15, 0.2) is 0 Å². The van der Waals surface area contributed by atoms with Gasteiger partial charge in [-0.15, -0.1) is 0 Å². The molecule has 0 atom stereocenters. The number of carbonyl (C=O) groups is 1. The number of benzene rings is 1. The third kappa shape index (κ3) is 2.59. The van der Waals surface area contributed by atoms with Crippen LogP contribution in [0.25, 0.3) is 11.4 Å². The van der Waals surface area contributed by atoms with Crippen molar-refractivity contribution in [3.05, 3.63) is 34.9 Å². The van der Waals surface area contributed by atoms with Crippen molar-refractivity contribution in [2.45, 2.75) is 6.42 Å². The number of aromatic nitrogens is 2. The monoisotopic (exact) mass is 256 g/mol. The third-order valence-corrected chi connectivity index (χ3v) is 2.26. The standard InChI is InChI=1S/C10H6ClFN2O3/c11-7-3-5(12)1-2-6(7)10-13-8(17-14-10)4-9(15)16/h1-3H,4H2,(H,15,16). The quantitative estimate of drug-likeness (QED) is 0.911. The second-order valence-corrected chi connectivity index (χ2v) is 3.61. The van der Waals surface area contributed by atoms with Crippen LogP contribution in [0.5, 0.6) is 0 Å². The van der Waals surface area contributed by atoms with Gasteiger partial charge < -0.3 is 9.63 Å². The summed E-state index contributed by atoms with van der Waals surface area (Å²) in [5, 5.41) is 12.2. The van der Waals surface area contributed by atoms with Gasteiger partial charge in [-0.25, -0.2) is 4.39 Å². The molecule has 0 amide bonds. The minimum Gasteiger partial charge on any atom is -0.481 e. The molecule has 1 N–H and O–H groups in total. The molecule has 2 aromatic rings. The molecular weight excluding hydrogens is 251 g/mol. The lowest BCUT2D eigenvalue weighted by atomic mass is 10.2. The summed E-state index contributed by atoms with van der Waals surface area (Å²) in [6, 6.07) is 3.71. The maximum atomic E-state index is 12.8. The topological polar surface area (TPSA) is 76.2 Å². The Hall–Kier alpha value is -1.95. The summed E-state index contributed by atoms with van der Waals surface area (Å²) in [5.41, 5.74) is 0.383. The molecule has 0 aliphatic rings. The number of rotatable bonds is 3. The summed E-state index contributed by atoms with van der Waals surface area (Å²) >= 11 is 5.80. The van der Waals surface area contributed by atoms with Crippen LogP contribution >= 0.6 is 11.6 Å². The first kappa shape index (κ1) is 11.5. The van der Waals surface area contributed by atoms with Crippen LogP contribution in [-0.2, 0) is 11.2 Å². The zero-order valence-electron chi connectivity index (χ0n) is 8.35. The first-order valence-electron chi connectivity index (χ1n) is 4.56. The second-order valence-electron chi connectivity index (χ2n) is 3.21. The van der Waals surface area contributed by atoms with Gasteiger partial charge in [-0.2, -0.15) is 4.98 Å². The van der Waals surface area contributed by atoms with E-state index in [0.29, 0.717) is 5.56 Å². The SMILES string of the molecule is O=C(O)Cc1nc(-c2ccc(F)cc2Cl)no1. The molecule has 1 aromatic carbocycles. The summed E-state index contributed by atoms with van der Waals surface area (Å²) in [5.74, 6) is -1.46. The predicted octanol–water partition coefficient (Wildman–Crippen LogP) is 2.16. The summed E-state index contributed by atoms with van der Waals surface area (Å²) < 4.78 is 17.5.